The number of hydrogen-bond acceptors (Lipinski definition) is 5. The van der Waals surface area contributed by atoms with Crippen molar-refractivity contribution in [2.45, 2.75) is 13.2 Å². The van der Waals surface area contributed by atoms with Crippen molar-refractivity contribution in [3.63, 3.8) is 0 Å². The van der Waals surface area contributed by atoms with Crippen LogP contribution >= 0.6 is 12.6 Å². The molecule has 15 heavy (non-hydrogen) atoms. The number of hydrogen-bond donors (Lipinski definition) is 3. The van der Waals surface area contributed by atoms with Gasteiger partial charge in [0.1, 0.15) is 7.85 Å². The van der Waals surface area contributed by atoms with Crippen LogP contribution in [0.5, 0.6) is 5.88 Å². The van der Waals surface area contributed by atoms with E-state index in [9.17, 15) is 4.79 Å². The molecule has 3 N–H and O–H groups in total. The number of aromatic nitrogens is 1. The van der Waals surface area contributed by atoms with E-state index in [1.807, 2.05) is 0 Å². The van der Waals surface area contributed by atoms with Crippen molar-refractivity contribution >= 4 is 36.7 Å². The Balaban J connectivity index is 2.99. The number of carbonyl (C=O) groups excluding carboxylic acids is 1. The molecule has 2 radical (unpaired) electrons. The van der Waals surface area contributed by atoms with E-state index in [0.29, 0.717) is 5.69 Å². The molecule has 1 atom stereocenters. The molecule has 0 bridgehead atoms. The first kappa shape index (κ1) is 11.9. The minimum Gasteiger partial charge on any atom is -0.440 e. The van der Waals surface area contributed by atoms with E-state index in [0.717, 1.165) is 0 Å². The molecule has 0 aliphatic rings. The zero-order chi connectivity index (χ0) is 11.6. The Morgan fingerprint density at radius 1 is 1.80 bits per heavy atom. The Kier molecular flexibility index (Phi) is 3.59. The summed E-state index contributed by atoms with van der Waals surface area (Å²) in [7, 11) is 5.54. The number of pyridine rings is 1. The molecule has 0 fully saturated rings. The van der Waals surface area contributed by atoms with E-state index >= 15 is 0 Å². The lowest BCUT2D eigenvalue weighted by atomic mass is 9.95. The summed E-state index contributed by atoms with van der Waals surface area (Å²) >= 11 is 3.40. The van der Waals surface area contributed by atoms with Crippen molar-refractivity contribution < 1.29 is 14.6 Å². The number of ether oxygens (including phenoxy) is 1. The lowest BCUT2D eigenvalue weighted by molar-refractivity contribution is -0.131. The molecule has 0 aromatic carbocycles. The summed E-state index contributed by atoms with van der Waals surface area (Å²) < 4.78 is 4.78. The number of nitrogens with zero attached hydrogens (tertiary/aromatic N) is 1. The molecule has 78 valence electrons. The minimum atomic E-state index is -1.70. The van der Waals surface area contributed by atoms with Crippen LogP contribution < -0.4 is 15.9 Å². The van der Waals surface area contributed by atoms with Crippen LogP contribution in [0.2, 0.25) is 0 Å². The van der Waals surface area contributed by atoms with E-state index in [-0.39, 0.29) is 17.0 Å². The van der Waals surface area contributed by atoms with Crippen LogP contribution in [0.1, 0.15) is 5.69 Å². The third kappa shape index (κ3) is 2.87. The molecule has 0 aliphatic heterocycles. The van der Waals surface area contributed by atoms with Gasteiger partial charge in [0, 0.05) is 11.4 Å². The van der Waals surface area contributed by atoms with Gasteiger partial charge < -0.3 is 15.6 Å². The molecule has 0 aliphatic carbocycles. The topological polar surface area (TPSA) is 85.4 Å². The zero-order valence-corrected chi connectivity index (χ0v) is 8.86. The van der Waals surface area contributed by atoms with Gasteiger partial charge in [0.25, 0.3) is 11.4 Å². The lowest BCUT2D eigenvalue weighted by Crippen LogP contribution is -2.27. The van der Waals surface area contributed by atoms with Crippen molar-refractivity contribution in [3.8, 4) is 5.88 Å². The van der Waals surface area contributed by atoms with Gasteiger partial charge in [0.05, 0.1) is 0 Å². The van der Waals surface area contributed by atoms with Gasteiger partial charge in [-0.2, -0.15) is 0 Å². The van der Waals surface area contributed by atoms with Crippen LogP contribution in [0.3, 0.4) is 0 Å². The van der Waals surface area contributed by atoms with Crippen LogP contribution in [-0.2, 0) is 4.79 Å². The molecule has 1 aromatic heterocycles. The minimum absolute atomic E-state index is 0.0780. The first-order valence-electron chi connectivity index (χ1n) is 4.02. The van der Waals surface area contributed by atoms with Gasteiger partial charge in [-0.15, -0.1) is 0 Å². The van der Waals surface area contributed by atoms with Crippen molar-refractivity contribution in [2.75, 3.05) is 5.73 Å². The van der Waals surface area contributed by atoms with Crippen LogP contribution in [0.25, 0.3) is 0 Å². The maximum atomic E-state index is 10.6. The van der Waals surface area contributed by atoms with Crippen LogP contribution in [-0.4, -0.2) is 29.3 Å². The predicted octanol–water partition coefficient (Wildman–Crippen LogP) is -1.08. The van der Waals surface area contributed by atoms with Gasteiger partial charge in [-0.05, 0) is 18.5 Å². The summed E-state index contributed by atoms with van der Waals surface area (Å²) in [6.45, 7) is 1.68. The maximum Gasteiger partial charge on any atom is 0.269 e. The van der Waals surface area contributed by atoms with E-state index in [4.69, 9.17) is 23.4 Å². The Hall–Kier alpha value is -1.21. The standard InChI is InChI=1S/C8H9BN2O3S/c1-3-2-4(10)5(9)6(11-3)14-7(12)8(13)15/h2,7,12H,1H3,(H2,10,11)(H,13,15). The maximum absolute atomic E-state index is 10.6. The van der Waals surface area contributed by atoms with Crippen molar-refractivity contribution in [1.29, 1.82) is 0 Å². The highest BCUT2D eigenvalue weighted by Gasteiger charge is 2.15. The molecule has 7 heteroatoms. The summed E-state index contributed by atoms with van der Waals surface area (Å²) in [5.74, 6) is -0.0811. The third-order valence-corrected chi connectivity index (χ3v) is 1.84. The van der Waals surface area contributed by atoms with Crippen LogP contribution in [0.15, 0.2) is 6.07 Å². The second kappa shape index (κ2) is 4.54. The summed E-state index contributed by atoms with van der Waals surface area (Å²) in [4.78, 5) is 14.5. The van der Waals surface area contributed by atoms with Crippen molar-refractivity contribution in [3.05, 3.63) is 11.8 Å². The molecule has 0 saturated heterocycles. The molecule has 0 amide bonds. The normalized spacial score (nSPS) is 12.2. The van der Waals surface area contributed by atoms with Crippen molar-refractivity contribution in [2.24, 2.45) is 0 Å². The van der Waals surface area contributed by atoms with Gasteiger partial charge in [-0.1, -0.05) is 12.6 Å². The van der Waals surface area contributed by atoms with E-state index in [2.05, 4.69) is 17.6 Å². The van der Waals surface area contributed by atoms with Gasteiger partial charge >= 0.3 is 0 Å². The summed E-state index contributed by atoms with van der Waals surface area (Å²) in [5.41, 5.74) is 6.46. The quantitative estimate of drug-likeness (QED) is 0.345. The number of nitrogens with two attached hydrogens (primary N) is 1. The summed E-state index contributed by atoms with van der Waals surface area (Å²) in [6.07, 6.45) is -1.70. The number of aliphatic hydroxyl groups excluding tert-OH is 1. The Bertz CT molecular complexity index is 400. The fraction of sp³-hybridized carbons (Fsp3) is 0.250. The molecular weight excluding hydrogens is 215 g/mol. The van der Waals surface area contributed by atoms with E-state index < -0.39 is 11.4 Å². The predicted molar refractivity (Wildman–Crippen MR) is 59.4 cm³/mol. The Morgan fingerprint density at radius 3 is 2.93 bits per heavy atom. The Labute approximate surface area is 93.5 Å². The average Bonchev–Trinajstić information content (AvgIpc) is 2.13. The van der Waals surface area contributed by atoms with Gasteiger partial charge in [-0.3, -0.25) is 4.79 Å². The number of aliphatic hydroxyl groups is 1. The molecule has 1 aromatic rings. The highest BCUT2D eigenvalue weighted by Crippen LogP contribution is 2.11. The van der Waals surface area contributed by atoms with Crippen molar-refractivity contribution in [1.82, 2.24) is 4.98 Å². The number of anilines is 1. The first-order chi connectivity index (χ1) is 6.91. The molecule has 0 saturated carbocycles. The Morgan fingerprint density at radius 2 is 2.40 bits per heavy atom. The number of carbonyl (C=O) groups is 1. The van der Waals surface area contributed by atoms with Crippen LogP contribution in [0.4, 0.5) is 5.69 Å². The highest BCUT2D eigenvalue weighted by atomic mass is 32.1. The second-order valence-electron chi connectivity index (χ2n) is 2.88. The summed E-state index contributed by atoms with van der Waals surface area (Å²) in [6, 6.07) is 1.55. The smallest absolute Gasteiger partial charge is 0.269 e. The molecular formula is C8H9BN2O3S. The molecule has 1 rings (SSSR count). The molecule has 1 unspecified atom stereocenters. The fourth-order valence-corrected chi connectivity index (χ4v) is 0.978. The number of nitrogen functional groups attached to an aromatic ring is 1. The van der Waals surface area contributed by atoms with Gasteiger partial charge in [0.2, 0.25) is 5.88 Å². The monoisotopic (exact) mass is 224 g/mol. The van der Waals surface area contributed by atoms with Gasteiger partial charge in [0.15, 0.2) is 0 Å². The second-order valence-corrected chi connectivity index (χ2v) is 3.32. The van der Waals surface area contributed by atoms with E-state index in [1.54, 1.807) is 13.0 Å². The van der Waals surface area contributed by atoms with Crippen LogP contribution in [0, 0.1) is 6.92 Å². The van der Waals surface area contributed by atoms with E-state index in [1.165, 1.54) is 0 Å². The SMILES string of the molecule is [B]c1c(N)cc(C)nc1OC(O)C(=O)S. The molecule has 1 heterocycles. The third-order valence-electron chi connectivity index (χ3n) is 1.62. The average molecular weight is 224 g/mol. The van der Waals surface area contributed by atoms with Gasteiger partial charge in [-0.25, -0.2) is 4.98 Å². The first-order valence-corrected chi connectivity index (χ1v) is 4.46. The molecule has 0 spiro atoms. The number of rotatable bonds is 3. The molecule has 5 nitrogen and oxygen atoms in total. The highest BCUT2D eigenvalue weighted by molar-refractivity contribution is 7.96. The zero-order valence-electron chi connectivity index (χ0n) is 7.97. The number of aryl methyl sites for hydroxylation is 1. The fourth-order valence-electron chi connectivity index (χ4n) is 0.925. The largest absolute Gasteiger partial charge is 0.440 e. The number of thiol groups is 1. The summed E-state index contributed by atoms with van der Waals surface area (Å²) in [5, 5.41) is 8.26. The lowest BCUT2D eigenvalue weighted by Gasteiger charge is -2.13.